The van der Waals surface area contributed by atoms with Crippen molar-refractivity contribution in [3.63, 3.8) is 0 Å². The zero-order valence-corrected chi connectivity index (χ0v) is 9.04. The molecule has 0 heterocycles. The quantitative estimate of drug-likeness (QED) is 0.336. The molecule has 0 aliphatic carbocycles. The molecule has 12 heavy (non-hydrogen) atoms. The highest BCUT2D eigenvalue weighted by atomic mass is 31.0. The molecule has 0 saturated carbocycles. The van der Waals surface area contributed by atoms with Crippen molar-refractivity contribution in [2.24, 2.45) is 5.92 Å². The molecule has 0 spiro atoms. The van der Waals surface area contributed by atoms with E-state index in [4.69, 9.17) is 4.74 Å². The SMILES string of the molecule is C=CCC(CCC)COC(=C)P. The Labute approximate surface area is 78.1 Å². The molecule has 0 aliphatic rings. The van der Waals surface area contributed by atoms with Crippen LogP contribution in [-0.2, 0) is 4.74 Å². The van der Waals surface area contributed by atoms with E-state index in [9.17, 15) is 0 Å². The average Bonchev–Trinajstić information content (AvgIpc) is 2.01. The Bertz CT molecular complexity index is 143. The van der Waals surface area contributed by atoms with Gasteiger partial charge in [0.15, 0.2) is 0 Å². The van der Waals surface area contributed by atoms with Gasteiger partial charge in [-0.2, -0.15) is 0 Å². The van der Waals surface area contributed by atoms with Gasteiger partial charge >= 0.3 is 0 Å². The standard InChI is InChI=1S/C10H19OP/c1-4-6-10(7-5-2)8-11-9(3)12/h4,10H,1,3,5-8,12H2,2H3. The third kappa shape index (κ3) is 6.42. The number of hydrogen-bond donors (Lipinski definition) is 0. The lowest BCUT2D eigenvalue weighted by Crippen LogP contribution is -2.07. The molecule has 0 aromatic heterocycles. The molecular weight excluding hydrogens is 167 g/mol. The first-order chi connectivity index (χ1) is 5.70. The first-order valence-corrected chi connectivity index (χ1v) is 4.96. The summed E-state index contributed by atoms with van der Waals surface area (Å²) in [6.45, 7) is 10.3. The van der Waals surface area contributed by atoms with Crippen LogP contribution in [-0.4, -0.2) is 6.61 Å². The fraction of sp³-hybridized carbons (Fsp3) is 0.600. The molecule has 0 amide bonds. The number of hydrogen-bond acceptors (Lipinski definition) is 1. The van der Waals surface area contributed by atoms with Gasteiger partial charge in [0.25, 0.3) is 0 Å². The van der Waals surface area contributed by atoms with Gasteiger partial charge in [-0.3, -0.25) is 0 Å². The molecule has 0 saturated heterocycles. The summed E-state index contributed by atoms with van der Waals surface area (Å²) in [5.74, 6) is 0.602. The van der Waals surface area contributed by atoms with Crippen LogP contribution in [0.25, 0.3) is 0 Å². The van der Waals surface area contributed by atoms with Crippen LogP contribution in [0.15, 0.2) is 24.7 Å². The second-order valence-corrected chi connectivity index (χ2v) is 3.60. The lowest BCUT2D eigenvalue weighted by molar-refractivity contribution is 0.181. The third-order valence-electron chi connectivity index (χ3n) is 1.70. The maximum absolute atomic E-state index is 5.33. The second-order valence-electron chi connectivity index (χ2n) is 2.96. The van der Waals surface area contributed by atoms with Crippen molar-refractivity contribution in [2.75, 3.05) is 6.61 Å². The van der Waals surface area contributed by atoms with Crippen LogP contribution in [0.1, 0.15) is 26.2 Å². The Morgan fingerprint density at radius 2 is 2.33 bits per heavy atom. The van der Waals surface area contributed by atoms with Crippen LogP contribution in [0, 0.1) is 5.92 Å². The van der Waals surface area contributed by atoms with E-state index < -0.39 is 0 Å². The van der Waals surface area contributed by atoms with Crippen molar-refractivity contribution in [3.8, 4) is 0 Å². The van der Waals surface area contributed by atoms with Crippen molar-refractivity contribution >= 4 is 9.24 Å². The molecule has 0 aliphatic heterocycles. The summed E-state index contributed by atoms with van der Waals surface area (Å²) in [4.78, 5) is 0. The van der Waals surface area contributed by atoms with E-state index in [2.05, 4.69) is 29.3 Å². The summed E-state index contributed by atoms with van der Waals surface area (Å²) in [6, 6.07) is 0. The third-order valence-corrected chi connectivity index (χ3v) is 1.87. The number of ether oxygens (including phenoxy) is 1. The van der Waals surface area contributed by atoms with E-state index in [1.807, 2.05) is 6.08 Å². The minimum atomic E-state index is 0.602. The van der Waals surface area contributed by atoms with Gasteiger partial charge in [0, 0.05) is 0 Å². The Hall–Kier alpha value is -0.290. The zero-order chi connectivity index (χ0) is 9.40. The second kappa shape index (κ2) is 7.36. The van der Waals surface area contributed by atoms with Gasteiger partial charge in [-0.05, 0) is 18.8 Å². The predicted octanol–water partition coefficient (Wildman–Crippen LogP) is 3.34. The molecule has 2 heteroatoms. The summed E-state index contributed by atoms with van der Waals surface area (Å²) in [7, 11) is 2.45. The van der Waals surface area contributed by atoms with Crippen molar-refractivity contribution in [1.82, 2.24) is 0 Å². The Kier molecular flexibility index (Phi) is 7.19. The maximum atomic E-state index is 5.33. The summed E-state index contributed by atoms with van der Waals surface area (Å²) in [5, 5.41) is 0. The highest BCUT2D eigenvalue weighted by Crippen LogP contribution is 2.15. The summed E-state index contributed by atoms with van der Waals surface area (Å²) in [5.41, 5.74) is 0.722. The lowest BCUT2D eigenvalue weighted by Gasteiger charge is -2.14. The van der Waals surface area contributed by atoms with Gasteiger partial charge in [0.2, 0.25) is 0 Å². The van der Waals surface area contributed by atoms with Crippen molar-refractivity contribution in [3.05, 3.63) is 24.7 Å². The monoisotopic (exact) mass is 186 g/mol. The fourth-order valence-electron chi connectivity index (χ4n) is 1.14. The van der Waals surface area contributed by atoms with Gasteiger partial charge in [0.05, 0.1) is 6.61 Å². The van der Waals surface area contributed by atoms with Gasteiger partial charge in [0.1, 0.15) is 5.50 Å². The first-order valence-electron chi connectivity index (χ1n) is 4.38. The van der Waals surface area contributed by atoms with Gasteiger partial charge in [-0.25, -0.2) is 0 Å². The first kappa shape index (κ1) is 11.7. The summed E-state index contributed by atoms with van der Waals surface area (Å²) < 4.78 is 5.33. The molecule has 0 aromatic rings. The Morgan fingerprint density at radius 3 is 2.75 bits per heavy atom. The summed E-state index contributed by atoms with van der Waals surface area (Å²) in [6.07, 6.45) is 5.39. The minimum Gasteiger partial charge on any atom is -0.494 e. The molecular formula is C10H19OP. The fourth-order valence-corrected chi connectivity index (χ4v) is 1.23. The van der Waals surface area contributed by atoms with Gasteiger partial charge in [-0.1, -0.05) is 35.2 Å². The molecule has 1 nitrogen and oxygen atoms in total. The topological polar surface area (TPSA) is 9.23 Å². The number of rotatable bonds is 7. The molecule has 2 unspecified atom stereocenters. The smallest absolute Gasteiger partial charge is 0.104 e. The van der Waals surface area contributed by atoms with Crippen LogP contribution in [0.2, 0.25) is 0 Å². The van der Waals surface area contributed by atoms with E-state index in [0.29, 0.717) is 5.92 Å². The normalized spacial score (nSPS) is 12.2. The molecule has 0 rings (SSSR count). The molecule has 0 N–H and O–H groups in total. The minimum absolute atomic E-state index is 0.602. The van der Waals surface area contributed by atoms with Crippen molar-refractivity contribution in [2.45, 2.75) is 26.2 Å². The highest BCUT2D eigenvalue weighted by molar-refractivity contribution is 7.21. The maximum Gasteiger partial charge on any atom is 0.104 e. The molecule has 0 bridgehead atoms. The van der Waals surface area contributed by atoms with E-state index in [1.165, 1.54) is 12.8 Å². The zero-order valence-electron chi connectivity index (χ0n) is 7.88. The average molecular weight is 186 g/mol. The molecule has 70 valence electrons. The Balaban J connectivity index is 3.61. The molecule has 0 fully saturated rings. The van der Waals surface area contributed by atoms with Crippen LogP contribution in [0.5, 0.6) is 0 Å². The lowest BCUT2D eigenvalue weighted by atomic mass is 10.0. The largest absolute Gasteiger partial charge is 0.494 e. The van der Waals surface area contributed by atoms with E-state index in [0.717, 1.165) is 18.5 Å². The predicted molar refractivity (Wildman–Crippen MR) is 58.0 cm³/mol. The van der Waals surface area contributed by atoms with Crippen molar-refractivity contribution < 1.29 is 4.74 Å². The van der Waals surface area contributed by atoms with E-state index >= 15 is 0 Å². The van der Waals surface area contributed by atoms with E-state index in [1.54, 1.807) is 0 Å². The van der Waals surface area contributed by atoms with Gasteiger partial charge < -0.3 is 4.74 Å². The van der Waals surface area contributed by atoms with Gasteiger partial charge in [-0.15, -0.1) is 6.58 Å². The molecule has 0 radical (unpaired) electrons. The van der Waals surface area contributed by atoms with Crippen LogP contribution < -0.4 is 0 Å². The van der Waals surface area contributed by atoms with Crippen molar-refractivity contribution in [1.29, 1.82) is 0 Å². The molecule has 2 atom stereocenters. The molecule has 0 aromatic carbocycles. The number of allylic oxidation sites excluding steroid dienone is 1. The van der Waals surface area contributed by atoms with Crippen LogP contribution >= 0.6 is 9.24 Å². The van der Waals surface area contributed by atoms with Crippen LogP contribution in [0.3, 0.4) is 0 Å². The van der Waals surface area contributed by atoms with E-state index in [-0.39, 0.29) is 0 Å². The highest BCUT2D eigenvalue weighted by Gasteiger charge is 2.05. The summed E-state index contributed by atoms with van der Waals surface area (Å²) >= 11 is 0. The Morgan fingerprint density at radius 1 is 1.67 bits per heavy atom. The van der Waals surface area contributed by atoms with Crippen LogP contribution in [0.4, 0.5) is 0 Å².